The number of aromatic nitrogens is 2. The lowest BCUT2D eigenvalue weighted by atomic mass is 10.3. The number of nitrogens with zero attached hydrogens (tertiary/aromatic N) is 3. The maximum absolute atomic E-state index is 12.4. The molecule has 24 heavy (non-hydrogen) atoms. The average Bonchev–Trinajstić information content (AvgIpc) is 3.01. The monoisotopic (exact) mass is 331 g/mol. The van der Waals surface area contributed by atoms with Crippen molar-refractivity contribution < 1.29 is 14.4 Å². The molecule has 2 N–H and O–H groups in total. The highest BCUT2D eigenvalue weighted by Gasteiger charge is 2.28. The lowest BCUT2D eigenvalue weighted by molar-refractivity contribution is -0.125. The lowest BCUT2D eigenvalue weighted by Crippen LogP contribution is -2.44. The van der Waals surface area contributed by atoms with Gasteiger partial charge in [-0.3, -0.25) is 29.5 Å². The Kier molecular flexibility index (Phi) is 4.07. The maximum atomic E-state index is 12.4. The van der Waals surface area contributed by atoms with Crippen LogP contribution in [0.3, 0.4) is 0 Å². The molecule has 0 radical (unpaired) electrons. The molecule has 0 bridgehead atoms. The van der Waals surface area contributed by atoms with Gasteiger partial charge in [0.15, 0.2) is 0 Å². The molecule has 4 amide bonds. The number of hydrogen-bond acceptors (Lipinski definition) is 4. The van der Waals surface area contributed by atoms with Gasteiger partial charge in [-0.25, -0.2) is 14.6 Å². The van der Waals surface area contributed by atoms with E-state index in [1.165, 1.54) is 4.57 Å². The number of para-hydroxylation sites is 2. The molecule has 9 nitrogen and oxygen atoms in total. The van der Waals surface area contributed by atoms with E-state index in [9.17, 15) is 19.2 Å². The molecule has 9 heteroatoms. The van der Waals surface area contributed by atoms with Crippen molar-refractivity contribution in [3.05, 3.63) is 34.7 Å². The summed E-state index contributed by atoms with van der Waals surface area (Å²) in [5.41, 5.74) is 3.75. The molecule has 1 aliphatic heterocycles. The summed E-state index contributed by atoms with van der Waals surface area (Å²) < 4.78 is 3.17. The van der Waals surface area contributed by atoms with E-state index in [-0.39, 0.29) is 25.2 Å². The number of amides is 4. The van der Waals surface area contributed by atoms with Crippen molar-refractivity contribution in [1.82, 2.24) is 24.9 Å². The second-order valence-corrected chi connectivity index (χ2v) is 5.39. The highest BCUT2D eigenvalue weighted by Crippen LogP contribution is 2.13. The van der Waals surface area contributed by atoms with Crippen LogP contribution in [-0.2, 0) is 22.7 Å². The third-order valence-corrected chi connectivity index (χ3v) is 3.86. The van der Waals surface area contributed by atoms with Gasteiger partial charge in [0.1, 0.15) is 6.54 Å². The number of imide groups is 1. The first-order chi connectivity index (χ1) is 11.5. The number of imidazole rings is 1. The topological polar surface area (TPSA) is 105 Å². The fourth-order valence-corrected chi connectivity index (χ4v) is 2.75. The van der Waals surface area contributed by atoms with E-state index in [4.69, 9.17) is 0 Å². The summed E-state index contributed by atoms with van der Waals surface area (Å²) in [4.78, 5) is 46.9. The minimum Gasteiger partial charge on any atom is -0.292 e. The van der Waals surface area contributed by atoms with Crippen LogP contribution < -0.4 is 16.4 Å². The highest BCUT2D eigenvalue weighted by molar-refractivity contribution is 6.02. The number of rotatable bonds is 5. The Morgan fingerprint density at radius 1 is 1.17 bits per heavy atom. The summed E-state index contributed by atoms with van der Waals surface area (Å²) >= 11 is 0. The quantitative estimate of drug-likeness (QED) is 0.740. The summed E-state index contributed by atoms with van der Waals surface area (Å²) in [7, 11) is 0. The van der Waals surface area contributed by atoms with Crippen molar-refractivity contribution in [1.29, 1.82) is 0 Å². The molecular weight excluding hydrogens is 314 g/mol. The zero-order valence-corrected chi connectivity index (χ0v) is 13.1. The molecule has 0 atom stereocenters. The molecule has 0 saturated carbocycles. The van der Waals surface area contributed by atoms with Gasteiger partial charge < -0.3 is 0 Å². The number of hydrogen-bond donors (Lipinski definition) is 2. The molecule has 0 unspecified atom stereocenters. The molecule has 3 rings (SSSR count). The van der Waals surface area contributed by atoms with E-state index in [1.54, 1.807) is 4.57 Å². The van der Waals surface area contributed by atoms with Gasteiger partial charge in [-0.1, -0.05) is 12.1 Å². The number of hydrazine groups is 1. The van der Waals surface area contributed by atoms with Crippen LogP contribution in [0.5, 0.6) is 0 Å². The van der Waals surface area contributed by atoms with Crippen LogP contribution in [0.15, 0.2) is 29.1 Å². The Morgan fingerprint density at radius 2 is 1.83 bits per heavy atom. The molecule has 0 spiro atoms. The molecule has 1 aromatic heterocycles. The number of benzene rings is 1. The zero-order chi connectivity index (χ0) is 17.3. The summed E-state index contributed by atoms with van der Waals surface area (Å²) in [5.74, 6) is -0.914. The molecule has 0 aliphatic carbocycles. The van der Waals surface area contributed by atoms with Gasteiger partial charge in [0, 0.05) is 19.5 Å². The molecule has 1 aliphatic rings. The van der Waals surface area contributed by atoms with Crippen LogP contribution in [0.2, 0.25) is 0 Å². The van der Waals surface area contributed by atoms with Gasteiger partial charge in [-0.05, 0) is 19.1 Å². The molecule has 2 heterocycles. The van der Waals surface area contributed by atoms with E-state index >= 15 is 0 Å². The third-order valence-electron chi connectivity index (χ3n) is 3.86. The maximum Gasteiger partial charge on any atom is 0.343 e. The average molecular weight is 331 g/mol. The predicted molar refractivity (Wildman–Crippen MR) is 84.9 cm³/mol. The van der Waals surface area contributed by atoms with Gasteiger partial charge in [0.2, 0.25) is 11.8 Å². The standard InChI is InChI=1S/C15H17N5O4/c1-2-18-10-5-3-4-6-11(10)19(15(18)24)8-7-12(21)17-20-9-13(22)16-14(20)23/h3-6H,2,7-9H2,1H3,(H,17,21)(H,16,22,23). The first-order valence-electron chi connectivity index (χ1n) is 7.60. The number of carbonyl (C=O) groups excluding carboxylic acids is 3. The molecular formula is C15H17N5O4. The fourth-order valence-electron chi connectivity index (χ4n) is 2.75. The van der Waals surface area contributed by atoms with Crippen molar-refractivity contribution in [2.75, 3.05) is 6.54 Å². The van der Waals surface area contributed by atoms with Crippen LogP contribution in [0.25, 0.3) is 11.0 Å². The fraction of sp³-hybridized carbons (Fsp3) is 0.333. The molecule has 126 valence electrons. The van der Waals surface area contributed by atoms with Crippen molar-refractivity contribution in [3.8, 4) is 0 Å². The summed E-state index contributed by atoms with van der Waals surface area (Å²) in [6.45, 7) is 2.39. The molecule has 1 aromatic carbocycles. The SMILES string of the molecule is CCn1c(=O)n(CCC(=O)NN2CC(=O)NC2=O)c2ccccc21. The van der Waals surface area contributed by atoms with Crippen molar-refractivity contribution in [2.45, 2.75) is 26.4 Å². The van der Waals surface area contributed by atoms with Gasteiger partial charge in [0.05, 0.1) is 11.0 Å². The molecule has 2 aromatic rings. The number of nitrogens with one attached hydrogen (secondary N) is 2. The van der Waals surface area contributed by atoms with Gasteiger partial charge >= 0.3 is 11.7 Å². The van der Waals surface area contributed by atoms with E-state index in [1.807, 2.05) is 31.2 Å². The Bertz CT molecular complexity index is 882. The minimum absolute atomic E-state index is 0.00952. The number of carbonyl (C=O) groups is 3. The summed E-state index contributed by atoms with van der Waals surface area (Å²) in [6, 6.07) is 6.71. The Labute approximate surface area is 136 Å². The zero-order valence-electron chi connectivity index (χ0n) is 13.1. The smallest absolute Gasteiger partial charge is 0.292 e. The third kappa shape index (κ3) is 2.75. The van der Waals surface area contributed by atoms with E-state index in [0.29, 0.717) is 6.54 Å². The summed E-state index contributed by atoms with van der Waals surface area (Å²) in [5, 5.41) is 2.98. The van der Waals surface area contributed by atoms with Crippen LogP contribution in [-0.4, -0.2) is 38.5 Å². The van der Waals surface area contributed by atoms with Crippen molar-refractivity contribution in [2.24, 2.45) is 0 Å². The van der Waals surface area contributed by atoms with Crippen molar-refractivity contribution >= 4 is 28.9 Å². The van der Waals surface area contributed by atoms with Gasteiger partial charge in [-0.2, -0.15) is 0 Å². The second kappa shape index (κ2) is 6.19. The lowest BCUT2D eigenvalue weighted by Gasteiger charge is -2.14. The largest absolute Gasteiger partial charge is 0.343 e. The normalized spacial score (nSPS) is 14.3. The van der Waals surface area contributed by atoms with Crippen molar-refractivity contribution in [3.63, 3.8) is 0 Å². The first kappa shape index (κ1) is 15.8. The van der Waals surface area contributed by atoms with Crippen LogP contribution >= 0.6 is 0 Å². The Hall–Kier alpha value is -3.10. The van der Waals surface area contributed by atoms with Crippen LogP contribution in [0, 0.1) is 0 Å². The highest BCUT2D eigenvalue weighted by atomic mass is 16.2. The predicted octanol–water partition coefficient (Wildman–Crippen LogP) is -0.204. The van der Waals surface area contributed by atoms with Crippen LogP contribution in [0.1, 0.15) is 13.3 Å². The van der Waals surface area contributed by atoms with Gasteiger partial charge in [0.25, 0.3) is 0 Å². The number of fused-ring (bicyclic) bond motifs is 1. The molecule has 1 fully saturated rings. The van der Waals surface area contributed by atoms with E-state index in [0.717, 1.165) is 16.0 Å². The molecule has 1 saturated heterocycles. The van der Waals surface area contributed by atoms with E-state index < -0.39 is 17.8 Å². The van der Waals surface area contributed by atoms with Gasteiger partial charge in [-0.15, -0.1) is 0 Å². The summed E-state index contributed by atoms with van der Waals surface area (Å²) in [6.07, 6.45) is 0.00952. The Balaban J connectivity index is 1.73. The van der Waals surface area contributed by atoms with Crippen LogP contribution in [0.4, 0.5) is 4.79 Å². The minimum atomic E-state index is -0.659. The second-order valence-electron chi connectivity index (χ2n) is 5.39. The van der Waals surface area contributed by atoms with E-state index in [2.05, 4.69) is 10.7 Å². The first-order valence-corrected chi connectivity index (χ1v) is 7.60. The number of urea groups is 1. The Morgan fingerprint density at radius 3 is 2.42 bits per heavy atom. The number of aryl methyl sites for hydroxylation is 2.